The summed E-state index contributed by atoms with van der Waals surface area (Å²) < 4.78 is 33.4. The zero-order chi connectivity index (χ0) is 24.5. The van der Waals surface area contributed by atoms with Crippen molar-refractivity contribution in [3.63, 3.8) is 0 Å². The molecule has 4 aromatic rings. The molecule has 3 N–H and O–H groups in total. The van der Waals surface area contributed by atoms with Gasteiger partial charge in [0.2, 0.25) is 11.8 Å². The van der Waals surface area contributed by atoms with Crippen molar-refractivity contribution >= 4 is 17.5 Å². The normalized spacial score (nSPS) is 12.9. The number of nitrogens with zero attached hydrogens (tertiary/aromatic N) is 5. The summed E-state index contributed by atoms with van der Waals surface area (Å²) in [7, 11) is 1.30. The van der Waals surface area contributed by atoms with Crippen LogP contribution in [0.5, 0.6) is 5.75 Å². The minimum Gasteiger partial charge on any atom is -0.491 e. The van der Waals surface area contributed by atoms with Gasteiger partial charge >= 0.3 is 0 Å². The Hall–Kier alpha value is -4.60. The van der Waals surface area contributed by atoms with Gasteiger partial charge in [-0.1, -0.05) is 12.1 Å². The van der Waals surface area contributed by atoms with Gasteiger partial charge in [0.1, 0.15) is 6.67 Å². The number of methoxy groups -OCH3 is 1. The highest BCUT2D eigenvalue weighted by molar-refractivity contribution is 6.12. The van der Waals surface area contributed by atoms with Crippen molar-refractivity contribution in [3.05, 3.63) is 83.8 Å². The summed E-state index contributed by atoms with van der Waals surface area (Å²) in [5.41, 5.74) is 14.0. The highest BCUT2D eigenvalue weighted by Gasteiger charge is 2.27. The molecule has 10 heteroatoms. The molecule has 1 aliphatic heterocycles. The molecule has 0 fully saturated rings. The second-order valence-electron chi connectivity index (χ2n) is 7.86. The van der Waals surface area contributed by atoms with E-state index in [1.807, 2.05) is 37.3 Å². The average Bonchev–Trinajstić information content (AvgIpc) is 3.36. The van der Waals surface area contributed by atoms with Crippen LogP contribution in [0.3, 0.4) is 0 Å². The lowest BCUT2D eigenvalue weighted by molar-refractivity contribution is 0.373. The molecule has 0 spiro atoms. The first kappa shape index (κ1) is 22.2. The number of aryl methyl sites for hydroxylation is 1. The summed E-state index contributed by atoms with van der Waals surface area (Å²) in [6.07, 6.45) is 5.08. The first-order valence-corrected chi connectivity index (χ1v) is 10.7. The Morgan fingerprint density at radius 1 is 1.06 bits per heavy atom. The molecule has 176 valence electrons. The van der Waals surface area contributed by atoms with Gasteiger partial charge in [0.05, 0.1) is 18.5 Å². The quantitative estimate of drug-likeness (QED) is 0.450. The van der Waals surface area contributed by atoms with Gasteiger partial charge in [-0.3, -0.25) is 10.4 Å². The highest BCUT2D eigenvalue weighted by atomic mass is 19.2. The van der Waals surface area contributed by atoms with Gasteiger partial charge in [0.25, 0.3) is 0 Å². The van der Waals surface area contributed by atoms with Crippen LogP contribution < -0.4 is 20.8 Å². The Bertz CT molecular complexity index is 1440. The number of ether oxygens (including phenoxy) is 1. The van der Waals surface area contributed by atoms with Gasteiger partial charge in [0, 0.05) is 35.3 Å². The Kier molecular flexibility index (Phi) is 5.69. The molecule has 2 aromatic heterocycles. The third-order valence-corrected chi connectivity index (χ3v) is 5.72. The summed E-state index contributed by atoms with van der Waals surface area (Å²) in [6.45, 7) is 2.24. The van der Waals surface area contributed by atoms with E-state index >= 15 is 0 Å². The Balaban J connectivity index is 1.61. The molecule has 3 heterocycles. The molecule has 0 radical (unpaired) electrons. The molecule has 2 aromatic carbocycles. The summed E-state index contributed by atoms with van der Waals surface area (Å²) in [5.74, 6) is -1.56. The number of hydrogen-bond donors (Lipinski definition) is 2. The first-order valence-electron chi connectivity index (χ1n) is 10.7. The monoisotopic (exact) mass is 473 g/mol. The maximum atomic E-state index is 14.4. The maximum Gasteiger partial charge on any atom is 0.220 e. The second-order valence-corrected chi connectivity index (χ2v) is 7.86. The predicted molar refractivity (Wildman–Crippen MR) is 130 cm³/mol. The van der Waals surface area contributed by atoms with Crippen LogP contribution in [-0.2, 0) is 0 Å². The number of amidine groups is 1. The predicted octanol–water partition coefficient (Wildman–Crippen LogP) is 4.11. The number of hydrazone groups is 1. The minimum absolute atomic E-state index is 0.155. The van der Waals surface area contributed by atoms with Gasteiger partial charge < -0.3 is 15.4 Å². The Labute approximate surface area is 200 Å². The van der Waals surface area contributed by atoms with E-state index in [9.17, 15) is 8.78 Å². The number of hydrogen-bond acceptors (Lipinski definition) is 8. The van der Waals surface area contributed by atoms with Crippen LogP contribution >= 0.6 is 0 Å². The summed E-state index contributed by atoms with van der Waals surface area (Å²) >= 11 is 0. The number of anilines is 2. The molecule has 0 amide bonds. The third kappa shape index (κ3) is 3.99. The van der Waals surface area contributed by atoms with Crippen LogP contribution in [0.15, 0.2) is 66.2 Å². The Morgan fingerprint density at radius 2 is 1.91 bits per heavy atom. The Morgan fingerprint density at radius 3 is 2.69 bits per heavy atom. The summed E-state index contributed by atoms with van der Waals surface area (Å²) in [6, 6.07) is 12.1. The first-order chi connectivity index (χ1) is 17.0. The van der Waals surface area contributed by atoms with E-state index in [4.69, 9.17) is 10.5 Å². The van der Waals surface area contributed by atoms with Crippen molar-refractivity contribution in [2.45, 2.75) is 6.92 Å². The molecule has 1 aliphatic rings. The summed E-state index contributed by atoms with van der Waals surface area (Å²) in [4.78, 5) is 14.6. The molecular weight excluding hydrogens is 452 g/mol. The number of nitrogens with one attached hydrogen (secondary N) is 1. The fourth-order valence-electron chi connectivity index (χ4n) is 4.03. The van der Waals surface area contributed by atoms with E-state index in [-0.39, 0.29) is 18.4 Å². The number of nitrogens with two attached hydrogens (primary N) is 1. The van der Waals surface area contributed by atoms with Crippen LogP contribution in [0.25, 0.3) is 22.4 Å². The molecule has 0 saturated heterocycles. The van der Waals surface area contributed by atoms with Crippen molar-refractivity contribution < 1.29 is 13.5 Å². The van der Waals surface area contributed by atoms with Gasteiger partial charge in [-0.2, -0.15) is 9.49 Å². The molecular formula is C25H21F2N7O. The van der Waals surface area contributed by atoms with E-state index in [1.54, 1.807) is 23.5 Å². The van der Waals surface area contributed by atoms with E-state index in [1.165, 1.54) is 13.2 Å². The zero-order valence-electron chi connectivity index (χ0n) is 19.0. The molecule has 5 rings (SSSR count). The van der Waals surface area contributed by atoms with Gasteiger partial charge in [-0.05, 0) is 48.4 Å². The maximum absolute atomic E-state index is 14.4. The zero-order valence-corrected chi connectivity index (χ0v) is 19.0. The van der Waals surface area contributed by atoms with Crippen molar-refractivity contribution in [1.29, 1.82) is 0 Å². The topological polar surface area (TPSA) is 102 Å². The van der Waals surface area contributed by atoms with E-state index in [2.05, 4.69) is 25.5 Å². The number of rotatable bonds is 5. The average molecular weight is 473 g/mol. The van der Waals surface area contributed by atoms with Crippen LogP contribution in [0.4, 0.5) is 20.4 Å². The van der Waals surface area contributed by atoms with Crippen molar-refractivity contribution in [3.8, 4) is 28.1 Å². The standard InChI is InChI=1S/C25H21F2N7O/c1-14-5-6-15(24-33-31-13-34(24)20-8-7-19(26)21(27)23(20)35-2)10-17(14)18-12-30-25(28)32-22(18)16-4-3-9-29-11-16/h3-12,31H,13H2,1-2H3,(H2,28,30,32). The van der Waals surface area contributed by atoms with Crippen LogP contribution in [0.2, 0.25) is 0 Å². The smallest absolute Gasteiger partial charge is 0.220 e. The number of benzene rings is 2. The fourth-order valence-corrected chi connectivity index (χ4v) is 4.03. The number of aromatic nitrogens is 3. The number of pyridine rings is 1. The third-order valence-electron chi connectivity index (χ3n) is 5.72. The second kappa shape index (κ2) is 8.98. The molecule has 0 atom stereocenters. The minimum atomic E-state index is -1.05. The lowest BCUT2D eigenvalue weighted by atomic mass is 9.95. The number of halogens is 2. The van der Waals surface area contributed by atoms with Gasteiger partial charge in [-0.25, -0.2) is 14.4 Å². The molecule has 35 heavy (non-hydrogen) atoms. The fraction of sp³-hybridized carbons (Fsp3) is 0.120. The van der Waals surface area contributed by atoms with Crippen LogP contribution in [0.1, 0.15) is 11.1 Å². The molecule has 8 nitrogen and oxygen atoms in total. The van der Waals surface area contributed by atoms with Crippen molar-refractivity contribution in [2.75, 3.05) is 24.4 Å². The molecule has 0 unspecified atom stereocenters. The molecule has 0 saturated carbocycles. The van der Waals surface area contributed by atoms with Crippen LogP contribution in [-0.4, -0.2) is 34.6 Å². The van der Waals surface area contributed by atoms with Crippen molar-refractivity contribution in [1.82, 2.24) is 20.4 Å². The van der Waals surface area contributed by atoms with E-state index < -0.39 is 11.6 Å². The van der Waals surface area contributed by atoms with E-state index in [0.717, 1.165) is 33.9 Å². The molecule has 0 bridgehead atoms. The SMILES string of the molecule is COc1c(N2CNN=C2c2ccc(C)c(-c3cnc(N)nc3-c3cccnc3)c2)ccc(F)c1F. The van der Waals surface area contributed by atoms with Crippen molar-refractivity contribution in [2.24, 2.45) is 5.10 Å². The summed E-state index contributed by atoms with van der Waals surface area (Å²) in [5, 5.41) is 4.41. The van der Waals surface area contributed by atoms with Gasteiger partial charge in [-0.15, -0.1) is 0 Å². The van der Waals surface area contributed by atoms with Gasteiger partial charge in [0.15, 0.2) is 17.4 Å². The number of nitrogen functional groups attached to an aromatic ring is 1. The highest BCUT2D eigenvalue weighted by Crippen LogP contribution is 2.36. The largest absolute Gasteiger partial charge is 0.491 e. The van der Waals surface area contributed by atoms with E-state index in [0.29, 0.717) is 17.2 Å². The van der Waals surface area contributed by atoms with Crippen LogP contribution in [0, 0.1) is 18.6 Å². The molecule has 0 aliphatic carbocycles. The lowest BCUT2D eigenvalue weighted by Gasteiger charge is -2.22. The lowest BCUT2D eigenvalue weighted by Crippen LogP contribution is -2.30.